The van der Waals surface area contributed by atoms with E-state index in [2.05, 4.69) is 10.5 Å². The van der Waals surface area contributed by atoms with E-state index in [-0.39, 0.29) is 18.1 Å². The van der Waals surface area contributed by atoms with E-state index in [0.29, 0.717) is 17.1 Å². The van der Waals surface area contributed by atoms with Crippen molar-refractivity contribution in [3.05, 3.63) is 59.7 Å². The Bertz CT molecular complexity index is 875. The third-order valence-electron chi connectivity index (χ3n) is 4.57. The van der Waals surface area contributed by atoms with Crippen LogP contribution in [0, 0.1) is 0 Å². The highest BCUT2D eigenvalue weighted by atomic mass is 16.5. The number of carbonyl (C=O) groups excluding carboxylic acids is 2. The molecule has 0 saturated carbocycles. The molecule has 0 aromatic heterocycles. The quantitative estimate of drug-likeness (QED) is 0.585. The number of ketones is 1. The van der Waals surface area contributed by atoms with Crippen LogP contribution < -0.4 is 14.9 Å². The summed E-state index contributed by atoms with van der Waals surface area (Å²) in [5.41, 5.74) is 4.27. The van der Waals surface area contributed by atoms with Gasteiger partial charge in [0, 0.05) is 5.56 Å². The first kappa shape index (κ1) is 19.4. The number of hydrogen-bond acceptors (Lipinski definition) is 7. The van der Waals surface area contributed by atoms with Crippen molar-refractivity contribution < 1.29 is 23.8 Å². The van der Waals surface area contributed by atoms with Crippen LogP contribution in [0.15, 0.2) is 53.6 Å². The highest BCUT2D eigenvalue weighted by Crippen LogP contribution is 2.30. The third-order valence-corrected chi connectivity index (χ3v) is 4.57. The zero-order chi connectivity index (χ0) is 20.1. The molecule has 3 rings (SSSR count). The molecule has 146 valence electrons. The Hall–Kier alpha value is -3.35. The van der Waals surface area contributed by atoms with Crippen LogP contribution in [-0.2, 0) is 9.53 Å². The van der Waals surface area contributed by atoms with Crippen LogP contribution in [0.5, 0.6) is 11.5 Å². The Morgan fingerprint density at radius 1 is 0.964 bits per heavy atom. The number of ether oxygens (including phenoxy) is 3. The van der Waals surface area contributed by atoms with E-state index in [1.165, 1.54) is 0 Å². The molecular formula is C21H22N2O5. The Kier molecular flexibility index (Phi) is 5.93. The normalized spacial score (nSPS) is 18.0. The maximum Gasteiger partial charge on any atom is 0.355 e. The number of nitrogens with zero attached hydrogens (tertiary/aromatic N) is 1. The maximum absolute atomic E-state index is 13.1. The lowest BCUT2D eigenvalue weighted by molar-refractivity contribution is -0.135. The monoisotopic (exact) mass is 382 g/mol. The van der Waals surface area contributed by atoms with Crippen molar-refractivity contribution in [1.82, 2.24) is 5.43 Å². The summed E-state index contributed by atoms with van der Waals surface area (Å²) < 4.78 is 15.5. The number of nitrogens with one attached hydrogen (secondary N) is 1. The SMILES string of the molecule is CCOC(=O)C1=NNC(C(=O)c2ccc(OC)cc2)C1c1ccc(OC)cc1. The van der Waals surface area contributed by atoms with Crippen LogP contribution in [-0.4, -0.2) is 44.3 Å². The Morgan fingerprint density at radius 2 is 1.54 bits per heavy atom. The lowest BCUT2D eigenvalue weighted by atomic mass is 9.84. The van der Waals surface area contributed by atoms with E-state index in [4.69, 9.17) is 14.2 Å². The largest absolute Gasteiger partial charge is 0.497 e. The van der Waals surface area contributed by atoms with Crippen molar-refractivity contribution in [2.45, 2.75) is 18.9 Å². The van der Waals surface area contributed by atoms with Crippen molar-refractivity contribution in [3.63, 3.8) is 0 Å². The van der Waals surface area contributed by atoms with E-state index in [9.17, 15) is 9.59 Å². The van der Waals surface area contributed by atoms with Crippen LogP contribution in [0.3, 0.4) is 0 Å². The summed E-state index contributed by atoms with van der Waals surface area (Å²) in [5.74, 6) is 0.0559. The average Bonchev–Trinajstić information content (AvgIpc) is 3.18. The standard InChI is InChI=1S/C21H22N2O5/c1-4-28-21(25)19-17(13-5-9-15(26-2)10-6-13)18(22-23-19)20(24)14-7-11-16(27-3)12-8-14/h5-12,17-18,22H,4H2,1-3H3. The molecule has 0 aliphatic carbocycles. The predicted molar refractivity (Wildman–Crippen MR) is 104 cm³/mol. The molecule has 0 radical (unpaired) electrons. The molecule has 2 aromatic carbocycles. The minimum atomic E-state index is -0.721. The summed E-state index contributed by atoms with van der Waals surface area (Å²) in [6, 6.07) is 13.3. The molecule has 7 nitrogen and oxygen atoms in total. The maximum atomic E-state index is 13.1. The van der Waals surface area contributed by atoms with Gasteiger partial charge in [0.15, 0.2) is 11.5 Å². The first-order chi connectivity index (χ1) is 13.6. The van der Waals surface area contributed by atoms with Gasteiger partial charge in [-0.3, -0.25) is 10.2 Å². The van der Waals surface area contributed by atoms with Gasteiger partial charge in [-0.15, -0.1) is 0 Å². The zero-order valence-electron chi connectivity index (χ0n) is 16.0. The first-order valence-corrected chi connectivity index (χ1v) is 8.91. The van der Waals surface area contributed by atoms with Crippen LogP contribution in [0.1, 0.15) is 28.8 Å². The molecule has 0 bridgehead atoms. The second-order valence-electron chi connectivity index (χ2n) is 6.17. The van der Waals surface area contributed by atoms with Gasteiger partial charge in [-0.25, -0.2) is 4.79 Å². The van der Waals surface area contributed by atoms with Gasteiger partial charge in [0.25, 0.3) is 0 Å². The highest BCUT2D eigenvalue weighted by Gasteiger charge is 2.41. The van der Waals surface area contributed by atoms with E-state index in [1.807, 2.05) is 12.1 Å². The van der Waals surface area contributed by atoms with Crippen molar-refractivity contribution in [1.29, 1.82) is 0 Å². The Balaban J connectivity index is 1.94. The Morgan fingerprint density at radius 3 is 2.07 bits per heavy atom. The topological polar surface area (TPSA) is 86.2 Å². The lowest BCUT2D eigenvalue weighted by Crippen LogP contribution is -2.37. The number of esters is 1. The van der Waals surface area contributed by atoms with E-state index in [1.54, 1.807) is 57.5 Å². The van der Waals surface area contributed by atoms with E-state index >= 15 is 0 Å². The second kappa shape index (κ2) is 8.56. The molecule has 7 heteroatoms. The van der Waals surface area contributed by atoms with Gasteiger partial charge in [0.05, 0.1) is 26.7 Å². The van der Waals surface area contributed by atoms with Crippen LogP contribution in [0.2, 0.25) is 0 Å². The molecule has 1 aliphatic heterocycles. The molecule has 1 aliphatic rings. The van der Waals surface area contributed by atoms with Gasteiger partial charge in [0.2, 0.25) is 0 Å². The molecule has 28 heavy (non-hydrogen) atoms. The molecule has 1 heterocycles. The summed E-state index contributed by atoms with van der Waals surface area (Å²) in [6.45, 7) is 1.95. The minimum Gasteiger partial charge on any atom is -0.497 e. The molecule has 2 aromatic rings. The van der Waals surface area contributed by atoms with Gasteiger partial charge in [-0.2, -0.15) is 5.10 Å². The molecule has 1 N–H and O–H groups in total. The number of methoxy groups -OCH3 is 2. The average molecular weight is 382 g/mol. The smallest absolute Gasteiger partial charge is 0.355 e. The van der Waals surface area contributed by atoms with Gasteiger partial charge in [-0.05, 0) is 48.9 Å². The summed E-state index contributed by atoms with van der Waals surface area (Å²) in [5, 5.41) is 4.13. The van der Waals surface area contributed by atoms with Gasteiger partial charge >= 0.3 is 5.97 Å². The summed E-state index contributed by atoms with van der Waals surface area (Å²) in [4.78, 5) is 25.5. The Labute approximate surface area is 163 Å². The van der Waals surface area contributed by atoms with Crippen LogP contribution >= 0.6 is 0 Å². The number of hydrazone groups is 1. The van der Waals surface area contributed by atoms with Gasteiger partial charge in [0.1, 0.15) is 17.5 Å². The van der Waals surface area contributed by atoms with E-state index < -0.39 is 17.9 Å². The third kappa shape index (κ3) is 3.83. The number of carbonyl (C=O) groups is 2. The fourth-order valence-corrected chi connectivity index (χ4v) is 3.13. The predicted octanol–water partition coefficient (Wildman–Crippen LogP) is 2.56. The van der Waals surface area contributed by atoms with Gasteiger partial charge < -0.3 is 14.2 Å². The number of hydrogen-bond donors (Lipinski definition) is 1. The fourth-order valence-electron chi connectivity index (χ4n) is 3.13. The molecule has 2 atom stereocenters. The zero-order valence-corrected chi connectivity index (χ0v) is 16.0. The van der Waals surface area contributed by atoms with Crippen LogP contribution in [0.4, 0.5) is 0 Å². The number of Topliss-reactive ketones (excluding diaryl/α,β-unsaturated/α-hetero) is 1. The number of benzene rings is 2. The summed E-state index contributed by atoms with van der Waals surface area (Å²) in [6.07, 6.45) is 0. The molecule has 0 fully saturated rings. The van der Waals surface area contributed by atoms with Crippen molar-refractivity contribution >= 4 is 17.5 Å². The van der Waals surface area contributed by atoms with Crippen molar-refractivity contribution in [2.75, 3.05) is 20.8 Å². The second-order valence-corrected chi connectivity index (χ2v) is 6.17. The van der Waals surface area contributed by atoms with E-state index in [0.717, 1.165) is 5.56 Å². The summed E-state index contributed by atoms with van der Waals surface area (Å²) >= 11 is 0. The first-order valence-electron chi connectivity index (χ1n) is 8.91. The highest BCUT2D eigenvalue weighted by molar-refractivity contribution is 6.40. The van der Waals surface area contributed by atoms with Crippen LogP contribution in [0.25, 0.3) is 0 Å². The molecule has 0 amide bonds. The molecule has 0 saturated heterocycles. The minimum absolute atomic E-state index is 0.175. The lowest BCUT2D eigenvalue weighted by Gasteiger charge is -2.20. The molecule has 0 spiro atoms. The number of rotatable bonds is 7. The molecule has 2 unspecified atom stereocenters. The van der Waals surface area contributed by atoms with Crippen molar-refractivity contribution in [2.24, 2.45) is 5.10 Å². The van der Waals surface area contributed by atoms with Gasteiger partial charge in [-0.1, -0.05) is 12.1 Å². The summed E-state index contributed by atoms with van der Waals surface area (Å²) in [7, 11) is 3.14. The van der Waals surface area contributed by atoms with Crippen molar-refractivity contribution in [3.8, 4) is 11.5 Å². The molecular weight excluding hydrogens is 360 g/mol. The fraction of sp³-hybridized carbons (Fsp3) is 0.286.